The Bertz CT molecular complexity index is 1040. The maximum Gasteiger partial charge on any atom is 0.508 e. The fourth-order valence-corrected chi connectivity index (χ4v) is 3.64. The van der Waals surface area contributed by atoms with Gasteiger partial charge in [0, 0.05) is 5.92 Å². The summed E-state index contributed by atoms with van der Waals surface area (Å²) in [7, 11) is 0. The van der Waals surface area contributed by atoms with Crippen molar-refractivity contribution in [3.05, 3.63) is 23.8 Å². The molecule has 0 saturated carbocycles. The molecule has 0 radical (unpaired) electrons. The smallest absolute Gasteiger partial charge is 0.480 e. The van der Waals surface area contributed by atoms with Crippen molar-refractivity contribution in [3.8, 4) is 11.5 Å². The van der Waals surface area contributed by atoms with Gasteiger partial charge in [-0.15, -0.1) is 0 Å². The Balaban J connectivity index is 3.34. The summed E-state index contributed by atoms with van der Waals surface area (Å²) < 4.78 is 21.6. The molecular weight excluding hydrogens is 518 g/mol. The molecule has 0 bridgehead atoms. The van der Waals surface area contributed by atoms with E-state index in [2.05, 4.69) is 0 Å². The van der Waals surface area contributed by atoms with Crippen molar-refractivity contribution in [1.29, 1.82) is 0 Å². The van der Waals surface area contributed by atoms with Gasteiger partial charge in [-0.2, -0.15) is 0 Å². The molecule has 0 spiro atoms. The first-order chi connectivity index (χ1) is 18.1. The number of aliphatic carboxylic acids is 1. The molecule has 0 aromatic heterocycles. The number of hydrogen-bond donors (Lipinski definition) is 2. The van der Waals surface area contributed by atoms with Crippen LogP contribution in [0, 0.1) is 16.2 Å². The summed E-state index contributed by atoms with van der Waals surface area (Å²) >= 11 is 0. The van der Waals surface area contributed by atoms with E-state index < -0.39 is 42.1 Å². The number of hydrogen-bond acceptors (Lipinski definition) is 9. The Labute approximate surface area is 237 Å². The van der Waals surface area contributed by atoms with Gasteiger partial charge in [0.15, 0.2) is 11.5 Å². The first kappa shape index (κ1) is 34.9. The first-order valence-electron chi connectivity index (χ1n) is 13.4. The second-order valence-corrected chi connectivity index (χ2v) is 13.9. The van der Waals surface area contributed by atoms with Gasteiger partial charge in [0.1, 0.15) is 12.1 Å². The average Bonchev–Trinajstić information content (AvgIpc) is 2.73. The maximum absolute atomic E-state index is 12.7. The lowest BCUT2D eigenvalue weighted by Gasteiger charge is -2.26. The monoisotopic (exact) mass is 565 g/mol. The zero-order chi connectivity index (χ0) is 31.1. The number of carboxylic acids is 1. The second kappa shape index (κ2) is 14.0. The molecule has 3 atom stereocenters. The summed E-state index contributed by atoms with van der Waals surface area (Å²) in [4.78, 5) is 49.3. The number of esters is 2. The van der Waals surface area contributed by atoms with Crippen molar-refractivity contribution < 1.29 is 43.2 Å². The molecule has 0 fully saturated rings. The number of carbonyl (C=O) groups is 4. The minimum atomic E-state index is -1.37. The predicted molar refractivity (Wildman–Crippen MR) is 150 cm³/mol. The molecule has 0 saturated heterocycles. The highest BCUT2D eigenvalue weighted by atomic mass is 16.7. The van der Waals surface area contributed by atoms with Crippen LogP contribution < -0.4 is 15.2 Å². The van der Waals surface area contributed by atoms with Crippen LogP contribution in [0.4, 0.5) is 4.79 Å². The Morgan fingerprint density at radius 3 is 1.77 bits per heavy atom. The lowest BCUT2D eigenvalue weighted by atomic mass is 9.87. The minimum absolute atomic E-state index is 0.0259. The third kappa shape index (κ3) is 13.8. The first-order valence-corrected chi connectivity index (χ1v) is 13.4. The van der Waals surface area contributed by atoms with Gasteiger partial charge in [0.2, 0.25) is 0 Å². The van der Waals surface area contributed by atoms with E-state index in [9.17, 15) is 24.3 Å². The molecular formula is C30H47NO9. The van der Waals surface area contributed by atoms with Crippen molar-refractivity contribution in [2.45, 2.75) is 107 Å². The van der Waals surface area contributed by atoms with E-state index in [1.54, 1.807) is 13.0 Å². The number of carboxylic acid groups (broad SMARTS) is 1. The summed E-state index contributed by atoms with van der Waals surface area (Å²) in [6, 6.07) is 3.07. The molecule has 10 heteroatoms. The fraction of sp³-hybridized carbons (Fsp3) is 0.667. The van der Waals surface area contributed by atoms with Crippen LogP contribution in [0.1, 0.15) is 100.0 Å². The van der Waals surface area contributed by atoms with Gasteiger partial charge >= 0.3 is 24.1 Å². The quantitative estimate of drug-likeness (QED) is 0.247. The van der Waals surface area contributed by atoms with Crippen LogP contribution in [-0.2, 0) is 23.9 Å². The van der Waals surface area contributed by atoms with Crippen LogP contribution in [-0.4, -0.2) is 47.9 Å². The van der Waals surface area contributed by atoms with Crippen molar-refractivity contribution >= 4 is 24.1 Å². The molecule has 1 aromatic carbocycles. The Morgan fingerprint density at radius 1 is 0.825 bits per heavy atom. The lowest BCUT2D eigenvalue weighted by Crippen LogP contribution is -2.38. The van der Waals surface area contributed by atoms with Crippen LogP contribution in [0.25, 0.3) is 0 Å². The van der Waals surface area contributed by atoms with Crippen LogP contribution in [0.5, 0.6) is 11.5 Å². The fourth-order valence-electron chi connectivity index (χ4n) is 3.64. The third-order valence-corrected chi connectivity index (χ3v) is 5.42. The summed E-state index contributed by atoms with van der Waals surface area (Å²) in [6.45, 7) is 18.8. The topological polar surface area (TPSA) is 151 Å². The standard InChI is InChI=1S/C30H47NO9/c1-18(38-27(36)37-17-30(8,9)10)13-20(25(31)26(34)35)19-11-12-21(39-23(32)15-28(2,3)4)22(14-19)40-24(33)16-29(5,6)7/h11-12,14,18,20,25H,13,15-17,31H2,1-10H3,(H,34,35)/t18?,20?,25-/m0/s1. The van der Waals surface area contributed by atoms with Crippen LogP contribution >= 0.6 is 0 Å². The highest BCUT2D eigenvalue weighted by Crippen LogP contribution is 2.36. The van der Waals surface area contributed by atoms with Crippen molar-refractivity contribution in [2.24, 2.45) is 22.0 Å². The van der Waals surface area contributed by atoms with E-state index in [4.69, 9.17) is 24.7 Å². The summed E-state index contributed by atoms with van der Waals surface area (Å²) in [5.41, 5.74) is 5.51. The molecule has 1 aromatic rings. The summed E-state index contributed by atoms with van der Waals surface area (Å²) in [5, 5.41) is 9.69. The van der Waals surface area contributed by atoms with E-state index in [1.807, 2.05) is 62.3 Å². The van der Waals surface area contributed by atoms with E-state index in [-0.39, 0.29) is 53.6 Å². The van der Waals surface area contributed by atoms with E-state index in [0.717, 1.165) is 0 Å². The van der Waals surface area contributed by atoms with E-state index in [0.29, 0.717) is 5.56 Å². The summed E-state index contributed by atoms with van der Waals surface area (Å²) in [6.07, 6.45) is -1.37. The maximum atomic E-state index is 12.7. The van der Waals surface area contributed by atoms with Gasteiger partial charge in [-0.05, 0) is 47.3 Å². The molecule has 0 aliphatic rings. The SMILES string of the molecule is CC(CC(c1ccc(OC(=O)CC(C)(C)C)c(OC(=O)CC(C)(C)C)c1)[C@H](N)C(=O)O)OC(=O)OCC(C)(C)C. The Kier molecular flexibility index (Phi) is 12.2. The predicted octanol–water partition coefficient (Wildman–Crippen LogP) is 5.84. The minimum Gasteiger partial charge on any atom is -0.480 e. The zero-order valence-corrected chi connectivity index (χ0v) is 25.6. The normalized spacial score (nSPS) is 14.5. The van der Waals surface area contributed by atoms with Crippen LogP contribution in [0.15, 0.2) is 18.2 Å². The van der Waals surface area contributed by atoms with Crippen molar-refractivity contribution in [3.63, 3.8) is 0 Å². The molecule has 10 nitrogen and oxygen atoms in total. The van der Waals surface area contributed by atoms with Gasteiger partial charge in [0.25, 0.3) is 0 Å². The molecule has 0 amide bonds. The molecule has 226 valence electrons. The molecule has 0 aliphatic carbocycles. The van der Waals surface area contributed by atoms with Crippen LogP contribution in [0.3, 0.4) is 0 Å². The Morgan fingerprint density at radius 2 is 1.32 bits per heavy atom. The van der Waals surface area contributed by atoms with Crippen molar-refractivity contribution in [1.82, 2.24) is 0 Å². The molecule has 3 N–H and O–H groups in total. The lowest BCUT2D eigenvalue weighted by molar-refractivity contribution is -0.139. The van der Waals surface area contributed by atoms with Crippen LogP contribution in [0.2, 0.25) is 0 Å². The molecule has 40 heavy (non-hydrogen) atoms. The summed E-state index contributed by atoms with van der Waals surface area (Å²) in [5.74, 6) is -3.17. The molecule has 2 unspecified atom stereocenters. The van der Waals surface area contributed by atoms with Gasteiger partial charge in [-0.3, -0.25) is 14.4 Å². The van der Waals surface area contributed by atoms with Crippen molar-refractivity contribution in [2.75, 3.05) is 6.61 Å². The number of ether oxygens (including phenoxy) is 4. The molecule has 1 rings (SSSR count). The highest BCUT2D eigenvalue weighted by Gasteiger charge is 2.31. The zero-order valence-electron chi connectivity index (χ0n) is 25.6. The van der Waals surface area contributed by atoms with Gasteiger partial charge in [-0.1, -0.05) is 68.4 Å². The molecule has 0 aliphatic heterocycles. The number of rotatable bonds is 11. The number of benzene rings is 1. The largest absolute Gasteiger partial charge is 0.508 e. The van der Waals surface area contributed by atoms with Gasteiger partial charge < -0.3 is 29.8 Å². The molecule has 0 heterocycles. The Hall–Kier alpha value is -3.14. The number of carbonyl (C=O) groups excluding carboxylic acids is 3. The third-order valence-electron chi connectivity index (χ3n) is 5.42. The van der Waals surface area contributed by atoms with E-state index in [1.165, 1.54) is 12.1 Å². The number of nitrogens with two attached hydrogens (primary N) is 1. The average molecular weight is 566 g/mol. The van der Waals surface area contributed by atoms with Gasteiger partial charge in [-0.25, -0.2) is 4.79 Å². The van der Waals surface area contributed by atoms with Gasteiger partial charge in [0.05, 0.1) is 19.4 Å². The second-order valence-electron chi connectivity index (χ2n) is 13.9. The highest BCUT2D eigenvalue weighted by molar-refractivity contribution is 5.77. The van der Waals surface area contributed by atoms with E-state index >= 15 is 0 Å².